The molecule has 0 atom stereocenters. The molecule has 0 radical (unpaired) electrons. The van der Waals surface area contributed by atoms with Crippen LogP contribution < -0.4 is 15.8 Å². The number of carbonyl (C=O) groups excluding carboxylic acids is 1. The van der Waals surface area contributed by atoms with Gasteiger partial charge in [0.15, 0.2) is 0 Å². The number of unbranched alkanes of at least 4 members (excludes halogenated alkanes) is 2. The van der Waals surface area contributed by atoms with E-state index >= 15 is 0 Å². The number of aryl methyl sites for hydroxylation is 1. The molecule has 0 unspecified atom stereocenters. The summed E-state index contributed by atoms with van der Waals surface area (Å²) in [5, 5.41) is 6.57. The molecule has 35 heavy (non-hydrogen) atoms. The van der Waals surface area contributed by atoms with Crippen LogP contribution in [-0.2, 0) is 21.2 Å². The van der Waals surface area contributed by atoms with E-state index in [0.29, 0.717) is 35.9 Å². The number of amides is 1. The normalized spacial score (nSPS) is 11.9. The van der Waals surface area contributed by atoms with Gasteiger partial charge in [-0.25, -0.2) is 12.8 Å². The van der Waals surface area contributed by atoms with Gasteiger partial charge in [0, 0.05) is 17.7 Å². The molecule has 9 nitrogen and oxygen atoms in total. The average Bonchev–Trinajstić information content (AvgIpc) is 3.31. The SMILES string of the molecule is CC(C)(CF)C(=O)Nc1cccc(NS(=O)(=O)c2cccc(-c3noc(CCCCCN)n3)c2)c1. The molecule has 0 aliphatic rings. The van der Waals surface area contributed by atoms with Crippen LogP contribution >= 0.6 is 0 Å². The molecule has 4 N–H and O–H groups in total. The summed E-state index contributed by atoms with van der Waals surface area (Å²) in [4.78, 5) is 16.6. The van der Waals surface area contributed by atoms with Gasteiger partial charge in [0.25, 0.3) is 10.0 Å². The van der Waals surface area contributed by atoms with Crippen molar-refractivity contribution in [1.82, 2.24) is 10.1 Å². The molecule has 0 bridgehead atoms. The largest absolute Gasteiger partial charge is 0.339 e. The highest BCUT2D eigenvalue weighted by molar-refractivity contribution is 7.92. The molecule has 0 spiro atoms. The van der Waals surface area contributed by atoms with E-state index in [4.69, 9.17) is 10.3 Å². The molecule has 3 rings (SSSR count). The lowest BCUT2D eigenvalue weighted by atomic mass is 9.94. The first-order chi connectivity index (χ1) is 16.6. The lowest BCUT2D eigenvalue weighted by Gasteiger charge is -2.19. The Morgan fingerprint density at radius 2 is 1.83 bits per heavy atom. The molecule has 3 aromatic rings. The van der Waals surface area contributed by atoms with Gasteiger partial charge in [0.05, 0.1) is 16.0 Å². The van der Waals surface area contributed by atoms with Gasteiger partial charge in [-0.1, -0.05) is 29.8 Å². The zero-order chi connectivity index (χ0) is 25.5. The van der Waals surface area contributed by atoms with Crippen LogP contribution in [0.3, 0.4) is 0 Å². The second-order valence-corrected chi connectivity index (χ2v) is 10.5. The van der Waals surface area contributed by atoms with E-state index in [9.17, 15) is 17.6 Å². The molecule has 1 amide bonds. The van der Waals surface area contributed by atoms with Gasteiger partial charge in [-0.05, 0) is 63.6 Å². The first kappa shape index (κ1) is 26.3. The molecule has 1 aromatic heterocycles. The van der Waals surface area contributed by atoms with E-state index in [0.717, 1.165) is 19.3 Å². The van der Waals surface area contributed by atoms with Crippen LogP contribution in [0.2, 0.25) is 0 Å². The van der Waals surface area contributed by atoms with Crippen molar-refractivity contribution in [3.8, 4) is 11.4 Å². The maximum Gasteiger partial charge on any atom is 0.261 e. The Bertz CT molecular complexity index is 1260. The number of rotatable bonds is 12. The Kier molecular flexibility index (Phi) is 8.57. The number of anilines is 2. The third kappa shape index (κ3) is 7.09. The van der Waals surface area contributed by atoms with Crippen LogP contribution in [0, 0.1) is 5.41 Å². The average molecular weight is 504 g/mol. The summed E-state index contributed by atoms with van der Waals surface area (Å²) in [6.07, 6.45) is 3.40. The van der Waals surface area contributed by atoms with E-state index in [2.05, 4.69) is 20.2 Å². The summed E-state index contributed by atoms with van der Waals surface area (Å²) in [7, 11) is -3.96. The number of sulfonamides is 1. The minimum Gasteiger partial charge on any atom is -0.339 e. The fraction of sp³-hybridized carbons (Fsp3) is 0.375. The van der Waals surface area contributed by atoms with E-state index in [1.807, 2.05) is 0 Å². The summed E-state index contributed by atoms with van der Waals surface area (Å²) in [5.74, 6) is 0.279. The number of hydrogen-bond acceptors (Lipinski definition) is 7. The van der Waals surface area contributed by atoms with Crippen molar-refractivity contribution in [3.63, 3.8) is 0 Å². The van der Waals surface area contributed by atoms with Gasteiger partial charge in [-0.2, -0.15) is 4.98 Å². The molecule has 0 fully saturated rings. The highest BCUT2D eigenvalue weighted by Gasteiger charge is 2.27. The van der Waals surface area contributed by atoms with Crippen molar-refractivity contribution in [2.45, 2.75) is 44.4 Å². The fourth-order valence-electron chi connectivity index (χ4n) is 3.11. The second kappa shape index (κ2) is 11.4. The Hall–Kier alpha value is -3.31. The van der Waals surface area contributed by atoms with Gasteiger partial charge in [0.2, 0.25) is 17.6 Å². The number of nitrogens with one attached hydrogen (secondary N) is 2. The lowest BCUT2D eigenvalue weighted by molar-refractivity contribution is -0.124. The predicted molar refractivity (Wildman–Crippen MR) is 132 cm³/mol. The van der Waals surface area contributed by atoms with Gasteiger partial charge >= 0.3 is 0 Å². The van der Waals surface area contributed by atoms with Crippen LogP contribution in [0.1, 0.15) is 39.0 Å². The minimum absolute atomic E-state index is 0.0114. The number of carbonyl (C=O) groups is 1. The van der Waals surface area contributed by atoms with E-state index < -0.39 is 28.0 Å². The first-order valence-electron chi connectivity index (χ1n) is 11.3. The zero-order valence-electron chi connectivity index (χ0n) is 19.8. The number of alkyl halides is 1. The Balaban J connectivity index is 1.73. The monoisotopic (exact) mass is 503 g/mol. The summed E-state index contributed by atoms with van der Waals surface area (Å²) < 4.78 is 46.9. The molecule has 0 saturated heterocycles. The molecule has 11 heteroatoms. The molecular weight excluding hydrogens is 473 g/mol. The van der Waals surface area contributed by atoms with Crippen LogP contribution in [0.5, 0.6) is 0 Å². The van der Waals surface area contributed by atoms with Crippen LogP contribution in [0.4, 0.5) is 15.8 Å². The van der Waals surface area contributed by atoms with Crippen molar-refractivity contribution < 1.29 is 22.1 Å². The predicted octanol–water partition coefficient (Wildman–Crippen LogP) is 4.14. The molecule has 1 heterocycles. The highest BCUT2D eigenvalue weighted by Crippen LogP contribution is 2.25. The van der Waals surface area contributed by atoms with Crippen LogP contribution in [-0.4, -0.2) is 37.7 Å². The number of benzene rings is 2. The Morgan fingerprint density at radius 3 is 2.57 bits per heavy atom. The lowest BCUT2D eigenvalue weighted by Crippen LogP contribution is -2.32. The topological polar surface area (TPSA) is 140 Å². The highest BCUT2D eigenvalue weighted by atomic mass is 32.2. The Morgan fingerprint density at radius 1 is 1.09 bits per heavy atom. The van der Waals surface area contributed by atoms with Crippen molar-refractivity contribution in [2.24, 2.45) is 11.1 Å². The van der Waals surface area contributed by atoms with Crippen LogP contribution in [0.15, 0.2) is 57.9 Å². The maximum atomic E-state index is 13.1. The summed E-state index contributed by atoms with van der Waals surface area (Å²) >= 11 is 0. The maximum absolute atomic E-state index is 13.1. The van der Waals surface area contributed by atoms with Crippen molar-refractivity contribution in [1.29, 1.82) is 0 Å². The third-order valence-electron chi connectivity index (χ3n) is 5.29. The smallest absolute Gasteiger partial charge is 0.261 e. The molecule has 0 saturated carbocycles. The van der Waals surface area contributed by atoms with Gasteiger partial charge in [0.1, 0.15) is 6.67 Å². The molecular formula is C24H30FN5O4S. The first-order valence-corrected chi connectivity index (χ1v) is 12.8. The number of nitrogens with zero attached hydrogens (tertiary/aromatic N) is 2. The summed E-state index contributed by atoms with van der Waals surface area (Å²) in [6, 6.07) is 12.4. The van der Waals surface area contributed by atoms with Gasteiger partial charge in [-0.15, -0.1) is 0 Å². The quantitative estimate of drug-likeness (QED) is 0.316. The van der Waals surface area contributed by atoms with Crippen molar-refractivity contribution in [3.05, 3.63) is 54.4 Å². The number of nitrogens with two attached hydrogens (primary N) is 1. The van der Waals surface area contributed by atoms with E-state index in [-0.39, 0.29) is 10.6 Å². The second-order valence-electron chi connectivity index (χ2n) is 8.80. The standard InChI is InChI=1S/C24H30FN5O4S/c1-24(2,16-25)23(31)27-18-9-7-10-19(15-18)30-35(32,33)20-11-6-8-17(14-20)22-28-21(34-29-22)12-4-3-5-13-26/h6-11,14-15,30H,3-5,12-13,16,26H2,1-2H3,(H,27,31). The number of aromatic nitrogens is 2. The van der Waals surface area contributed by atoms with E-state index in [1.165, 1.54) is 32.0 Å². The molecule has 2 aromatic carbocycles. The molecule has 188 valence electrons. The molecule has 0 aliphatic carbocycles. The number of hydrogen-bond donors (Lipinski definition) is 3. The minimum atomic E-state index is -3.96. The fourth-order valence-corrected chi connectivity index (χ4v) is 4.20. The Labute approximate surface area is 204 Å². The van der Waals surface area contributed by atoms with Gasteiger partial charge < -0.3 is 15.6 Å². The van der Waals surface area contributed by atoms with Crippen molar-refractivity contribution >= 4 is 27.3 Å². The molecule has 0 aliphatic heterocycles. The summed E-state index contributed by atoms with van der Waals surface area (Å²) in [5.41, 5.74) is 5.38. The third-order valence-corrected chi connectivity index (χ3v) is 6.67. The van der Waals surface area contributed by atoms with Crippen molar-refractivity contribution in [2.75, 3.05) is 23.3 Å². The van der Waals surface area contributed by atoms with Crippen LogP contribution in [0.25, 0.3) is 11.4 Å². The number of halogens is 1. The zero-order valence-corrected chi connectivity index (χ0v) is 20.6. The van der Waals surface area contributed by atoms with Gasteiger partial charge in [-0.3, -0.25) is 9.52 Å². The summed E-state index contributed by atoms with van der Waals surface area (Å²) in [6.45, 7) is 2.78. The van der Waals surface area contributed by atoms with E-state index in [1.54, 1.807) is 30.3 Å².